The molecular formula is C26H31Cl5N2O. The van der Waals surface area contributed by atoms with E-state index in [1.165, 1.54) is 0 Å². The van der Waals surface area contributed by atoms with Crippen molar-refractivity contribution in [3.63, 3.8) is 0 Å². The highest BCUT2D eigenvalue weighted by atomic mass is 35.5. The second kappa shape index (κ2) is 14.1. The largest absolute Gasteiger partial charge is 0.388 e. The van der Waals surface area contributed by atoms with Gasteiger partial charge in [-0.1, -0.05) is 79.2 Å². The van der Waals surface area contributed by atoms with Crippen molar-refractivity contribution in [2.75, 3.05) is 19.6 Å². The van der Waals surface area contributed by atoms with E-state index in [2.05, 4.69) is 18.7 Å². The Morgan fingerprint density at radius 2 is 1.53 bits per heavy atom. The van der Waals surface area contributed by atoms with Gasteiger partial charge < -0.3 is 10.0 Å². The SMILES string of the molecule is CCCCN(CCCC)CCC(O)c1cc(-c2ccc(Cl)c(Cl)c2)nc2c(Cl)cc(Cl)cc12.Cl. The standard InChI is InChI=1S/C26H30Cl4N2O.ClH/c1-3-5-10-32(11-6-4-2)12-9-25(33)19-16-24(17-7-8-21(28)22(29)13-17)31-26-20(19)14-18(27)15-23(26)30;/h7-8,13-16,25,33H,3-6,9-12H2,1-2H3;1H. The number of fused-ring (bicyclic) bond motifs is 1. The monoisotopic (exact) mass is 562 g/mol. The van der Waals surface area contributed by atoms with Gasteiger partial charge in [-0.25, -0.2) is 4.98 Å². The summed E-state index contributed by atoms with van der Waals surface area (Å²) in [5, 5.41) is 13.9. The second-order valence-corrected chi connectivity index (χ2v) is 10.0. The highest BCUT2D eigenvalue weighted by molar-refractivity contribution is 6.42. The zero-order valence-electron chi connectivity index (χ0n) is 19.5. The zero-order chi connectivity index (χ0) is 24.0. The number of benzene rings is 2. The Balaban J connectivity index is 0.00000408. The number of halogens is 5. The van der Waals surface area contributed by atoms with E-state index >= 15 is 0 Å². The lowest BCUT2D eigenvalue weighted by Gasteiger charge is -2.24. The first-order valence-electron chi connectivity index (χ1n) is 11.5. The van der Waals surface area contributed by atoms with Crippen molar-refractivity contribution in [2.45, 2.75) is 52.1 Å². The van der Waals surface area contributed by atoms with Crippen molar-refractivity contribution < 1.29 is 5.11 Å². The average Bonchev–Trinajstić information content (AvgIpc) is 2.79. The maximum absolute atomic E-state index is 11.3. The summed E-state index contributed by atoms with van der Waals surface area (Å²) in [6.45, 7) is 7.32. The molecule has 0 aliphatic rings. The quantitative estimate of drug-likeness (QED) is 0.252. The van der Waals surface area contributed by atoms with Crippen molar-refractivity contribution in [2.24, 2.45) is 0 Å². The summed E-state index contributed by atoms with van der Waals surface area (Å²) in [6, 6.07) is 10.8. The summed E-state index contributed by atoms with van der Waals surface area (Å²) in [7, 11) is 0. The van der Waals surface area contributed by atoms with Gasteiger partial charge in [-0.3, -0.25) is 0 Å². The first-order chi connectivity index (χ1) is 15.8. The van der Waals surface area contributed by atoms with Gasteiger partial charge in [-0.15, -0.1) is 12.4 Å². The van der Waals surface area contributed by atoms with Gasteiger partial charge in [-0.05, 0) is 68.2 Å². The van der Waals surface area contributed by atoms with Crippen LogP contribution in [0.5, 0.6) is 0 Å². The molecule has 1 heterocycles. The Kier molecular flexibility index (Phi) is 12.2. The fraction of sp³-hybridized carbons (Fsp3) is 0.423. The number of pyridine rings is 1. The molecule has 0 fully saturated rings. The normalized spacial score (nSPS) is 12.2. The van der Waals surface area contributed by atoms with Crippen LogP contribution in [0.2, 0.25) is 20.1 Å². The summed E-state index contributed by atoms with van der Waals surface area (Å²) < 4.78 is 0. The summed E-state index contributed by atoms with van der Waals surface area (Å²) in [5.74, 6) is 0. The third-order valence-electron chi connectivity index (χ3n) is 5.81. The van der Waals surface area contributed by atoms with Crippen LogP contribution in [-0.2, 0) is 0 Å². The molecule has 1 unspecified atom stereocenters. The first kappa shape index (κ1) is 29.5. The number of aliphatic hydroxyl groups is 1. The van der Waals surface area contributed by atoms with E-state index in [9.17, 15) is 5.11 Å². The number of aliphatic hydroxyl groups excluding tert-OH is 1. The molecular weight excluding hydrogens is 534 g/mol. The van der Waals surface area contributed by atoms with Crippen LogP contribution in [0, 0.1) is 0 Å². The fourth-order valence-electron chi connectivity index (χ4n) is 3.92. The lowest BCUT2D eigenvalue weighted by Crippen LogP contribution is -2.28. The molecule has 0 spiro atoms. The predicted molar refractivity (Wildman–Crippen MR) is 150 cm³/mol. The molecule has 0 saturated heterocycles. The molecule has 1 atom stereocenters. The van der Waals surface area contributed by atoms with Crippen molar-refractivity contribution >= 4 is 69.7 Å². The topological polar surface area (TPSA) is 36.4 Å². The van der Waals surface area contributed by atoms with Crippen LogP contribution in [0.25, 0.3) is 22.2 Å². The number of rotatable bonds is 11. The van der Waals surface area contributed by atoms with Gasteiger partial charge >= 0.3 is 0 Å². The van der Waals surface area contributed by atoms with Crippen molar-refractivity contribution in [3.8, 4) is 11.3 Å². The van der Waals surface area contributed by atoms with E-state index in [4.69, 9.17) is 51.4 Å². The first-order valence-corrected chi connectivity index (χ1v) is 13.0. The van der Waals surface area contributed by atoms with Gasteiger partial charge in [0.1, 0.15) is 0 Å². The fourth-order valence-corrected chi connectivity index (χ4v) is 4.75. The number of hydrogen-bond acceptors (Lipinski definition) is 3. The minimum absolute atomic E-state index is 0. The van der Waals surface area contributed by atoms with Crippen LogP contribution < -0.4 is 0 Å². The van der Waals surface area contributed by atoms with Crippen LogP contribution in [0.4, 0.5) is 0 Å². The Morgan fingerprint density at radius 3 is 2.15 bits per heavy atom. The van der Waals surface area contributed by atoms with Crippen molar-refractivity contribution in [1.29, 1.82) is 0 Å². The van der Waals surface area contributed by atoms with Crippen LogP contribution in [0.3, 0.4) is 0 Å². The van der Waals surface area contributed by atoms with Crippen molar-refractivity contribution in [1.82, 2.24) is 9.88 Å². The molecule has 8 heteroatoms. The molecule has 34 heavy (non-hydrogen) atoms. The molecule has 1 aromatic heterocycles. The van der Waals surface area contributed by atoms with Gasteiger partial charge in [0.25, 0.3) is 0 Å². The highest BCUT2D eigenvalue weighted by Gasteiger charge is 2.19. The van der Waals surface area contributed by atoms with E-state index in [0.717, 1.165) is 61.8 Å². The number of hydrogen-bond donors (Lipinski definition) is 1. The number of aromatic nitrogens is 1. The van der Waals surface area contributed by atoms with Gasteiger partial charge in [0, 0.05) is 22.5 Å². The molecule has 3 aromatic rings. The maximum Gasteiger partial charge on any atom is 0.0900 e. The molecule has 1 N–H and O–H groups in total. The molecule has 0 saturated carbocycles. The van der Waals surface area contributed by atoms with E-state index in [1.807, 2.05) is 18.2 Å². The van der Waals surface area contributed by atoms with E-state index in [0.29, 0.717) is 37.7 Å². The molecule has 3 nitrogen and oxygen atoms in total. The van der Waals surface area contributed by atoms with Crippen molar-refractivity contribution in [3.05, 3.63) is 62.1 Å². The minimum atomic E-state index is -0.683. The second-order valence-electron chi connectivity index (χ2n) is 8.36. The van der Waals surface area contributed by atoms with E-state index in [1.54, 1.807) is 18.2 Å². The van der Waals surface area contributed by atoms with Gasteiger partial charge in [-0.2, -0.15) is 0 Å². The molecule has 186 valence electrons. The van der Waals surface area contributed by atoms with E-state index in [-0.39, 0.29) is 12.4 Å². The summed E-state index contributed by atoms with van der Waals surface area (Å²) in [5.41, 5.74) is 2.84. The van der Waals surface area contributed by atoms with Gasteiger partial charge in [0.15, 0.2) is 0 Å². The molecule has 2 aromatic carbocycles. The number of unbranched alkanes of at least 4 members (excludes halogenated alkanes) is 2. The van der Waals surface area contributed by atoms with Crippen LogP contribution in [-0.4, -0.2) is 34.6 Å². The summed E-state index contributed by atoms with van der Waals surface area (Å²) >= 11 is 25.2. The van der Waals surface area contributed by atoms with E-state index < -0.39 is 6.10 Å². The molecule has 0 amide bonds. The third kappa shape index (κ3) is 7.61. The third-order valence-corrected chi connectivity index (χ3v) is 7.06. The lowest BCUT2D eigenvalue weighted by atomic mass is 9.98. The highest BCUT2D eigenvalue weighted by Crippen LogP contribution is 2.36. The number of nitrogens with zero attached hydrogens (tertiary/aromatic N) is 2. The smallest absolute Gasteiger partial charge is 0.0900 e. The molecule has 0 aliphatic carbocycles. The van der Waals surface area contributed by atoms with Crippen LogP contribution >= 0.6 is 58.8 Å². The summed E-state index contributed by atoms with van der Waals surface area (Å²) in [6.07, 6.45) is 4.55. The Morgan fingerprint density at radius 1 is 0.853 bits per heavy atom. The lowest BCUT2D eigenvalue weighted by molar-refractivity contribution is 0.141. The van der Waals surface area contributed by atoms with Gasteiger partial charge in [0.2, 0.25) is 0 Å². The van der Waals surface area contributed by atoms with Crippen LogP contribution in [0.15, 0.2) is 36.4 Å². The molecule has 3 rings (SSSR count). The summed E-state index contributed by atoms with van der Waals surface area (Å²) in [4.78, 5) is 7.21. The molecule has 0 radical (unpaired) electrons. The average molecular weight is 565 g/mol. The van der Waals surface area contributed by atoms with Crippen LogP contribution in [0.1, 0.15) is 57.6 Å². The maximum atomic E-state index is 11.3. The minimum Gasteiger partial charge on any atom is -0.388 e. The van der Waals surface area contributed by atoms with Gasteiger partial charge in [0.05, 0.1) is 32.4 Å². The Labute approximate surface area is 228 Å². The molecule has 0 aliphatic heterocycles. The Bertz CT molecular complexity index is 1080. The Hall–Kier alpha value is -0.780. The zero-order valence-corrected chi connectivity index (χ0v) is 23.3. The molecule has 0 bridgehead atoms. The predicted octanol–water partition coefficient (Wildman–Crippen LogP) is 9.26.